The quantitative estimate of drug-likeness (QED) is 0.922. The predicted octanol–water partition coefficient (Wildman–Crippen LogP) is 3.75. The van der Waals surface area contributed by atoms with Gasteiger partial charge in [-0.2, -0.15) is 0 Å². The molecular weight excluding hydrogens is 256 g/mol. The van der Waals surface area contributed by atoms with Gasteiger partial charge < -0.3 is 10.5 Å². The summed E-state index contributed by atoms with van der Waals surface area (Å²) in [4.78, 5) is 5.38. The average Bonchev–Trinajstić information content (AvgIpc) is 2.61. The first kappa shape index (κ1) is 12.2. The van der Waals surface area contributed by atoms with Crippen LogP contribution in [0, 0.1) is 6.92 Å². The molecule has 2 rings (SSSR count). The van der Waals surface area contributed by atoms with Crippen molar-refractivity contribution in [3.8, 4) is 17.0 Å². The lowest BCUT2D eigenvalue weighted by atomic mass is 10.1. The van der Waals surface area contributed by atoms with E-state index in [1.807, 2.05) is 26.0 Å². The summed E-state index contributed by atoms with van der Waals surface area (Å²) in [6.07, 6.45) is 0. The number of hydrogen-bond donors (Lipinski definition) is 1. The SMILES string of the molecule is CCOc1ccc(Cl)cc1-c1nc(N)sc1C. The zero-order valence-corrected chi connectivity index (χ0v) is 11.2. The van der Waals surface area contributed by atoms with Crippen LogP contribution in [0.25, 0.3) is 11.3 Å². The molecule has 0 aliphatic rings. The van der Waals surface area contributed by atoms with E-state index in [2.05, 4.69) is 4.98 Å². The van der Waals surface area contributed by atoms with Gasteiger partial charge in [-0.1, -0.05) is 11.6 Å². The average molecular weight is 269 g/mol. The van der Waals surface area contributed by atoms with Crippen LogP contribution in [0.4, 0.5) is 5.13 Å². The Morgan fingerprint density at radius 2 is 2.24 bits per heavy atom. The molecule has 5 heteroatoms. The molecule has 0 amide bonds. The van der Waals surface area contributed by atoms with Gasteiger partial charge in [-0.3, -0.25) is 0 Å². The van der Waals surface area contributed by atoms with E-state index in [0.717, 1.165) is 21.9 Å². The molecule has 0 atom stereocenters. The van der Waals surface area contributed by atoms with Gasteiger partial charge in [0, 0.05) is 15.5 Å². The largest absolute Gasteiger partial charge is 0.493 e. The number of hydrogen-bond acceptors (Lipinski definition) is 4. The molecule has 0 saturated heterocycles. The molecule has 1 heterocycles. The van der Waals surface area contributed by atoms with Crippen molar-refractivity contribution in [2.45, 2.75) is 13.8 Å². The Balaban J connectivity index is 2.56. The standard InChI is InChI=1S/C12H13ClN2OS/c1-3-16-10-5-4-8(13)6-9(10)11-7(2)17-12(14)15-11/h4-6H,3H2,1-2H3,(H2,14,15). The van der Waals surface area contributed by atoms with Crippen LogP contribution < -0.4 is 10.5 Å². The van der Waals surface area contributed by atoms with Crippen molar-refractivity contribution in [2.75, 3.05) is 12.3 Å². The van der Waals surface area contributed by atoms with Crippen molar-refractivity contribution >= 4 is 28.1 Å². The first-order valence-electron chi connectivity index (χ1n) is 5.27. The fraction of sp³-hybridized carbons (Fsp3) is 0.250. The van der Waals surface area contributed by atoms with Gasteiger partial charge in [-0.25, -0.2) is 4.98 Å². The Hall–Kier alpha value is -1.26. The van der Waals surface area contributed by atoms with E-state index in [9.17, 15) is 0 Å². The summed E-state index contributed by atoms with van der Waals surface area (Å²) in [5, 5.41) is 1.22. The molecule has 1 aromatic carbocycles. The van der Waals surface area contributed by atoms with Gasteiger partial charge in [-0.05, 0) is 32.0 Å². The highest BCUT2D eigenvalue weighted by molar-refractivity contribution is 7.15. The number of aromatic nitrogens is 1. The third-order valence-corrected chi connectivity index (χ3v) is 3.34. The molecule has 2 aromatic rings. The number of nitrogens with two attached hydrogens (primary N) is 1. The molecular formula is C12H13ClN2OS. The number of nitrogen functional groups attached to an aromatic ring is 1. The summed E-state index contributed by atoms with van der Waals surface area (Å²) < 4.78 is 5.58. The summed E-state index contributed by atoms with van der Waals surface area (Å²) >= 11 is 7.48. The summed E-state index contributed by atoms with van der Waals surface area (Å²) in [7, 11) is 0. The molecule has 1 aromatic heterocycles. The number of ether oxygens (including phenoxy) is 1. The second kappa shape index (κ2) is 4.94. The van der Waals surface area contributed by atoms with Crippen molar-refractivity contribution in [2.24, 2.45) is 0 Å². The van der Waals surface area contributed by atoms with Crippen LogP contribution in [0.5, 0.6) is 5.75 Å². The third kappa shape index (κ3) is 2.53. The van der Waals surface area contributed by atoms with E-state index in [-0.39, 0.29) is 0 Å². The Labute approximate surface area is 109 Å². The van der Waals surface area contributed by atoms with Gasteiger partial charge in [-0.15, -0.1) is 11.3 Å². The molecule has 0 bridgehead atoms. The lowest BCUT2D eigenvalue weighted by molar-refractivity contribution is 0.341. The molecule has 2 N–H and O–H groups in total. The van der Waals surface area contributed by atoms with Crippen LogP contribution in [0.15, 0.2) is 18.2 Å². The lowest BCUT2D eigenvalue weighted by Gasteiger charge is -2.09. The number of thiazole rings is 1. The fourth-order valence-electron chi connectivity index (χ4n) is 1.64. The Morgan fingerprint density at radius 1 is 1.47 bits per heavy atom. The van der Waals surface area contributed by atoms with Crippen LogP contribution in [0.1, 0.15) is 11.8 Å². The summed E-state index contributed by atoms with van der Waals surface area (Å²) in [6, 6.07) is 5.52. The number of halogens is 1. The molecule has 0 aliphatic carbocycles. The van der Waals surface area contributed by atoms with Gasteiger partial charge in [0.2, 0.25) is 0 Å². The smallest absolute Gasteiger partial charge is 0.180 e. The normalized spacial score (nSPS) is 10.5. The minimum absolute atomic E-state index is 0.555. The van der Waals surface area contributed by atoms with Crippen LogP contribution in [0.2, 0.25) is 5.02 Å². The van der Waals surface area contributed by atoms with E-state index < -0.39 is 0 Å². The van der Waals surface area contributed by atoms with E-state index in [0.29, 0.717) is 16.8 Å². The summed E-state index contributed by atoms with van der Waals surface area (Å²) in [5.74, 6) is 0.783. The molecule has 90 valence electrons. The minimum atomic E-state index is 0.555. The number of rotatable bonds is 3. The van der Waals surface area contributed by atoms with E-state index in [1.54, 1.807) is 6.07 Å². The van der Waals surface area contributed by atoms with E-state index >= 15 is 0 Å². The predicted molar refractivity (Wildman–Crippen MR) is 72.9 cm³/mol. The molecule has 17 heavy (non-hydrogen) atoms. The second-order valence-electron chi connectivity index (χ2n) is 3.53. The van der Waals surface area contributed by atoms with Gasteiger partial charge in [0.25, 0.3) is 0 Å². The number of aryl methyl sites for hydroxylation is 1. The van der Waals surface area contributed by atoms with Crippen LogP contribution >= 0.6 is 22.9 Å². The molecule has 0 fully saturated rings. The highest BCUT2D eigenvalue weighted by Crippen LogP contribution is 2.36. The zero-order valence-electron chi connectivity index (χ0n) is 9.66. The third-order valence-electron chi connectivity index (χ3n) is 2.31. The molecule has 0 spiro atoms. The maximum atomic E-state index is 6.01. The summed E-state index contributed by atoms with van der Waals surface area (Å²) in [5.41, 5.74) is 7.45. The summed E-state index contributed by atoms with van der Waals surface area (Å²) in [6.45, 7) is 4.54. The second-order valence-corrected chi connectivity index (χ2v) is 5.20. The molecule has 0 unspecified atom stereocenters. The highest BCUT2D eigenvalue weighted by atomic mass is 35.5. The molecule has 0 radical (unpaired) electrons. The monoisotopic (exact) mass is 268 g/mol. The first-order valence-corrected chi connectivity index (χ1v) is 6.47. The van der Waals surface area contributed by atoms with Gasteiger partial charge in [0.05, 0.1) is 12.3 Å². The van der Waals surface area contributed by atoms with Crippen LogP contribution in [-0.4, -0.2) is 11.6 Å². The number of benzene rings is 1. The topological polar surface area (TPSA) is 48.1 Å². The maximum absolute atomic E-state index is 6.01. The van der Waals surface area contributed by atoms with Gasteiger partial charge >= 0.3 is 0 Å². The van der Waals surface area contributed by atoms with Crippen molar-refractivity contribution in [1.82, 2.24) is 4.98 Å². The number of anilines is 1. The van der Waals surface area contributed by atoms with Crippen LogP contribution in [-0.2, 0) is 0 Å². The Kier molecular flexibility index (Phi) is 3.54. The zero-order chi connectivity index (χ0) is 12.4. The Bertz CT molecular complexity index is 539. The van der Waals surface area contributed by atoms with Crippen molar-refractivity contribution in [3.63, 3.8) is 0 Å². The number of nitrogens with zero attached hydrogens (tertiary/aromatic N) is 1. The maximum Gasteiger partial charge on any atom is 0.180 e. The van der Waals surface area contributed by atoms with Crippen molar-refractivity contribution < 1.29 is 4.74 Å². The fourth-order valence-corrected chi connectivity index (χ4v) is 2.51. The molecule has 3 nitrogen and oxygen atoms in total. The van der Waals surface area contributed by atoms with Crippen molar-refractivity contribution in [3.05, 3.63) is 28.1 Å². The van der Waals surface area contributed by atoms with Gasteiger partial charge in [0.15, 0.2) is 5.13 Å². The van der Waals surface area contributed by atoms with Gasteiger partial charge in [0.1, 0.15) is 5.75 Å². The first-order chi connectivity index (χ1) is 8.11. The Morgan fingerprint density at radius 3 is 2.82 bits per heavy atom. The minimum Gasteiger partial charge on any atom is -0.493 e. The molecule has 0 saturated carbocycles. The van der Waals surface area contributed by atoms with Crippen molar-refractivity contribution in [1.29, 1.82) is 0 Å². The highest BCUT2D eigenvalue weighted by Gasteiger charge is 2.13. The lowest BCUT2D eigenvalue weighted by Crippen LogP contribution is -1.95. The van der Waals surface area contributed by atoms with E-state index in [1.165, 1.54) is 11.3 Å². The molecule has 0 aliphatic heterocycles. The van der Waals surface area contributed by atoms with E-state index in [4.69, 9.17) is 22.1 Å². The van der Waals surface area contributed by atoms with Crippen LogP contribution in [0.3, 0.4) is 0 Å².